The van der Waals surface area contributed by atoms with E-state index in [1.54, 1.807) is 0 Å². The van der Waals surface area contributed by atoms with Crippen molar-refractivity contribution >= 4 is 0 Å². The smallest absolute Gasteiger partial charge is 0.0770 e. The molecule has 3 unspecified atom stereocenters. The van der Waals surface area contributed by atoms with Gasteiger partial charge in [-0.3, -0.25) is 0 Å². The van der Waals surface area contributed by atoms with E-state index in [-0.39, 0.29) is 0 Å². The zero-order chi connectivity index (χ0) is 10.6. The second-order valence-electron chi connectivity index (χ2n) is 4.34. The molecule has 3 atom stereocenters. The first-order valence-corrected chi connectivity index (χ1v) is 5.69. The molecule has 1 N–H and O–H groups in total. The first-order chi connectivity index (χ1) is 6.65. The predicted molar refractivity (Wildman–Crippen MR) is 60.5 cm³/mol. The highest BCUT2D eigenvalue weighted by atomic mass is 16.5. The molecule has 14 heavy (non-hydrogen) atoms. The topological polar surface area (TPSA) is 21.3 Å². The van der Waals surface area contributed by atoms with Crippen LogP contribution in [0.5, 0.6) is 0 Å². The molecule has 1 aliphatic rings. The van der Waals surface area contributed by atoms with E-state index in [0.29, 0.717) is 18.2 Å². The van der Waals surface area contributed by atoms with Gasteiger partial charge in [0.05, 0.1) is 18.2 Å². The van der Waals surface area contributed by atoms with Gasteiger partial charge in [0, 0.05) is 0 Å². The summed E-state index contributed by atoms with van der Waals surface area (Å²) in [7, 11) is 0. The summed E-state index contributed by atoms with van der Waals surface area (Å²) >= 11 is 0. The van der Waals surface area contributed by atoms with Crippen molar-refractivity contribution in [1.29, 1.82) is 0 Å². The van der Waals surface area contributed by atoms with E-state index in [2.05, 4.69) is 32.7 Å². The van der Waals surface area contributed by atoms with Gasteiger partial charge in [0.2, 0.25) is 0 Å². The van der Waals surface area contributed by atoms with Crippen molar-refractivity contribution in [1.82, 2.24) is 5.32 Å². The molecule has 2 nitrogen and oxygen atoms in total. The molecule has 0 aromatic rings. The van der Waals surface area contributed by atoms with E-state index in [1.165, 1.54) is 12.0 Å². The summed E-state index contributed by atoms with van der Waals surface area (Å²) in [5, 5.41) is 3.51. The van der Waals surface area contributed by atoms with E-state index in [4.69, 9.17) is 4.74 Å². The minimum absolute atomic E-state index is 0.342. The first kappa shape index (κ1) is 11.7. The molecule has 0 saturated carbocycles. The summed E-state index contributed by atoms with van der Waals surface area (Å²) in [5.41, 5.74) is 1.19. The summed E-state index contributed by atoms with van der Waals surface area (Å²) in [6.07, 6.45) is 4.27. The molecule has 0 aromatic carbocycles. The fraction of sp³-hybridized carbons (Fsp3) is 0.833. The summed E-state index contributed by atoms with van der Waals surface area (Å²) in [5.74, 6) is 0. The van der Waals surface area contributed by atoms with Gasteiger partial charge in [0.1, 0.15) is 0 Å². The van der Waals surface area contributed by atoms with Gasteiger partial charge in [-0.25, -0.2) is 0 Å². The van der Waals surface area contributed by atoms with Gasteiger partial charge in [-0.1, -0.05) is 19.1 Å². The van der Waals surface area contributed by atoms with Crippen LogP contribution in [0.1, 0.15) is 40.0 Å². The van der Waals surface area contributed by atoms with E-state index >= 15 is 0 Å². The summed E-state index contributed by atoms with van der Waals surface area (Å²) in [6.45, 7) is 11.5. The van der Waals surface area contributed by atoms with Crippen LogP contribution in [-0.2, 0) is 4.74 Å². The van der Waals surface area contributed by atoms with Gasteiger partial charge in [0.25, 0.3) is 0 Å². The van der Waals surface area contributed by atoms with Gasteiger partial charge in [-0.05, 0) is 39.7 Å². The number of hydrogen-bond acceptors (Lipinski definition) is 2. The number of rotatable bonds is 5. The second-order valence-corrected chi connectivity index (χ2v) is 4.34. The molecule has 1 heterocycles. The SMILES string of the molecule is C=C(C)C(NCCC)C1CCC(C)O1. The van der Waals surface area contributed by atoms with Crippen LogP contribution in [0.2, 0.25) is 0 Å². The third kappa shape index (κ3) is 3.10. The molecule has 0 bridgehead atoms. The highest BCUT2D eigenvalue weighted by Gasteiger charge is 2.29. The molecule has 1 fully saturated rings. The van der Waals surface area contributed by atoms with Crippen molar-refractivity contribution in [2.45, 2.75) is 58.3 Å². The Morgan fingerprint density at radius 2 is 2.29 bits per heavy atom. The van der Waals surface area contributed by atoms with E-state index in [0.717, 1.165) is 19.4 Å². The average molecular weight is 197 g/mol. The third-order valence-corrected chi connectivity index (χ3v) is 2.78. The third-order valence-electron chi connectivity index (χ3n) is 2.78. The minimum atomic E-state index is 0.342. The maximum absolute atomic E-state index is 5.86. The fourth-order valence-electron chi connectivity index (χ4n) is 2.00. The molecule has 82 valence electrons. The Labute approximate surface area is 87.7 Å². The number of nitrogens with one attached hydrogen (secondary N) is 1. The molecule has 0 amide bonds. The minimum Gasteiger partial charge on any atom is -0.373 e. The van der Waals surface area contributed by atoms with Crippen LogP contribution >= 0.6 is 0 Å². The Balaban J connectivity index is 2.45. The lowest BCUT2D eigenvalue weighted by Gasteiger charge is -2.25. The van der Waals surface area contributed by atoms with Crippen molar-refractivity contribution in [3.63, 3.8) is 0 Å². The molecular formula is C12H23NO. The normalized spacial score (nSPS) is 29.1. The Hall–Kier alpha value is -0.340. The Kier molecular flexibility index (Phi) is 4.63. The second kappa shape index (κ2) is 5.52. The number of hydrogen-bond donors (Lipinski definition) is 1. The predicted octanol–water partition coefficient (Wildman–Crippen LogP) is 2.50. The van der Waals surface area contributed by atoms with Crippen molar-refractivity contribution in [3.05, 3.63) is 12.2 Å². The van der Waals surface area contributed by atoms with Gasteiger partial charge in [0.15, 0.2) is 0 Å². The molecule has 0 aliphatic carbocycles. The van der Waals surface area contributed by atoms with Crippen molar-refractivity contribution in [2.24, 2.45) is 0 Å². The monoisotopic (exact) mass is 197 g/mol. The van der Waals surface area contributed by atoms with Crippen molar-refractivity contribution < 1.29 is 4.74 Å². The quantitative estimate of drug-likeness (QED) is 0.684. The molecule has 1 saturated heterocycles. The highest BCUT2D eigenvalue weighted by Crippen LogP contribution is 2.24. The Morgan fingerprint density at radius 3 is 2.71 bits per heavy atom. The van der Waals surface area contributed by atoms with Crippen LogP contribution in [0.25, 0.3) is 0 Å². The van der Waals surface area contributed by atoms with E-state index in [1.807, 2.05) is 0 Å². The van der Waals surface area contributed by atoms with Crippen LogP contribution in [0, 0.1) is 0 Å². The summed E-state index contributed by atoms with van der Waals surface area (Å²) in [6, 6.07) is 0.347. The molecule has 0 radical (unpaired) electrons. The molecule has 1 rings (SSSR count). The maximum Gasteiger partial charge on any atom is 0.0770 e. The van der Waals surface area contributed by atoms with Crippen LogP contribution in [0.3, 0.4) is 0 Å². The maximum atomic E-state index is 5.86. The average Bonchev–Trinajstić information content (AvgIpc) is 2.52. The van der Waals surface area contributed by atoms with Crippen LogP contribution in [0.4, 0.5) is 0 Å². The first-order valence-electron chi connectivity index (χ1n) is 5.69. The lowest BCUT2D eigenvalue weighted by Crippen LogP contribution is -2.41. The molecular weight excluding hydrogens is 174 g/mol. The van der Waals surface area contributed by atoms with Crippen LogP contribution < -0.4 is 5.32 Å². The van der Waals surface area contributed by atoms with Crippen LogP contribution in [-0.4, -0.2) is 24.8 Å². The largest absolute Gasteiger partial charge is 0.373 e. The lowest BCUT2D eigenvalue weighted by molar-refractivity contribution is 0.0398. The van der Waals surface area contributed by atoms with Crippen molar-refractivity contribution in [2.75, 3.05) is 6.54 Å². The zero-order valence-corrected chi connectivity index (χ0v) is 9.68. The lowest BCUT2D eigenvalue weighted by atomic mass is 10.0. The van der Waals surface area contributed by atoms with Gasteiger partial charge in [-0.15, -0.1) is 0 Å². The van der Waals surface area contributed by atoms with Crippen molar-refractivity contribution in [3.8, 4) is 0 Å². The van der Waals surface area contributed by atoms with Gasteiger partial charge < -0.3 is 10.1 Å². The van der Waals surface area contributed by atoms with E-state index < -0.39 is 0 Å². The standard InChI is InChI=1S/C12H23NO/c1-5-8-13-12(9(2)3)11-7-6-10(4)14-11/h10-13H,2,5-8H2,1,3-4H3. The molecule has 0 spiro atoms. The number of ether oxygens (including phenoxy) is 1. The molecule has 2 heteroatoms. The highest BCUT2D eigenvalue weighted by molar-refractivity contribution is 5.06. The fourth-order valence-corrected chi connectivity index (χ4v) is 2.00. The van der Waals surface area contributed by atoms with Crippen LogP contribution in [0.15, 0.2) is 12.2 Å². The van der Waals surface area contributed by atoms with E-state index in [9.17, 15) is 0 Å². The molecule has 0 aromatic heterocycles. The van der Waals surface area contributed by atoms with Gasteiger partial charge in [-0.2, -0.15) is 0 Å². The molecule has 1 aliphatic heterocycles. The Bertz CT molecular complexity index is 191. The summed E-state index contributed by atoms with van der Waals surface area (Å²) < 4.78 is 5.86. The van der Waals surface area contributed by atoms with Gasteiger partial charge >= 0.3 is 0 Å². The Morgan fingerprint density at radius 1 is 1.57 bits per heavy atom. The summed E-state index contributed by atoms with van der Waals surface area (Å²) in [4.78, 5) is 0. The zero-order valence-electron chi connectivity index (χ0n) is 9.68.